The molecule has 1 saturated heterocycles. The molecule has 2 aromatic rings. The molecule has 3 heterocycles. The van der Waals surface area contributed by atoms with Crippen molar-refractivity contribution in [2.45, 2.75) is 52.2 Å². The maximum absolute atomic E-state index is 14.4. The van der Waals surface area contributed by atoms with Gasteiger partial charge in [-0.3, -0.25) is 9.69 Å². The summed E-state index contributed by atoms with van der Waals surface area (Å²) < 4.78 is 14.4. The highest BCUT2D eigenvalue weighted by molar-refractivity contribution is 5.87. The number of amides is 1. The van der Waals surface area contributed by atoms with Gasteiger partial charge in [0.05, 0.1) is 6.20 Å². The lowest BCUT2D eigenvalue weighted by Crippen LogP contribution is -2.44. The number of anilines is 3. The van der Waals surface area contributed by atoms with E-state index >= 15 is 0 Å². The van der Waals surface area contributed by atoms with Crippen molar-refractivity contribution in [1.82, 2.24) is 19.8 Å². The first-order valence-electron chi connectivity index (χ1n) is 11.8. The molecule has 0 radical (unpaired) electrons. The molecule has 4 rings (SSSR count). The lowest BCUT2D eigenvalue weighted by Gasteiger charge is -2.32. The molecule has 176 valence electrons. The third-order valence-electron chi connectivity index (χ3n) is 6.51. The van der Waals surface area contributed by atoms with Gasteiger partial charge in [0.25, 0.3) is 0 Å². The molecule has 2 aliphatic heterocycles. The maximum Gasteiger partial charge on any atom is 0.246 e. The fourth-order valence-electron chi connectivity index (χ4n) is 4.52. The molecular weight excluding hydrogens is 419 g/mol. The number of halogens is 1. The molecule has 1 fully saturated rings. The van der Waals surface area contributed by atoms with E-state index < -0.39 is 5.82 Å². The predicted octanol–water partition coefficient (Wildman–Crippen LogP) is 4.31. The van der Waals surface area contributed by atoms with Gasteiger partial charge in [-0.05, 0) is 48.1 Å². The van der Waals surface area contributed by atoms with Crippen LogP contribution in [0.25, 0.3) is 0 Å². The summed E-state index contributed by atoms with van der Waals surface area (Å²) in [5, 5.41) is 6.37. The van der Waals surface area contributed by atoms with Crippen LogP contribution in [0.2, 0.25) is 0 Å². The number of fused-ring (bicyclic) bond motifs is 1. The first-order valence-corrected chi connectivity index (χ1v) is 11.8. The zero-order valence-corrected chi connectivity index (χ0v) is 19.5. The number of nitrogens with zero attached hydrogens (tertiary/aromatic N) is 4. The largest absolute Gasteiger partial charge is 0.363 e. The lowest BCUT2D eigenvalue weighted by atomic mass is 10.1. The van der Waals surface area contributed by atoms with E-state index in [-0.39, 0.29) is 17.8 Å². The number of likely N-dealkylation sites (tertiary alicyclic amines) is 1. The molecule has 0 spiro atoms. The number of nitrogens with one attached hydrogen (secondary N) is 2. The van der Waals surface area contributed by atoms with Gasteiger partial charge in [0.1, 0.15) is 0 Å². The molecule has 0 aliphatic carbocycles. The van der Waals surface area contributed by atoms with Crippen molar-refractivity contribution in [3.63, 3.8) is 0 Å². The van der Waals surface area contributed by atoms with Crippen LogP contribution in [0.15, 0.2) is 37.1 Å². The number of aromatic nitrogens is 2. The minimum absolute atomic E-state index is 0.0728. The van der Waals surface area contributed by atoms with Gasteiger partial charge in [-0.1, -0.05) is 32.9 Å². The molecule has 0 saturated carbocycles. The van der Waals surface area contributed by atoms with Gasteiger partial charge < -0.3 is 15.5 Å². The summed E-state index contributed by atoms with van der Waals surface area (Å²) in [5.74, 6) is 0.546. The zero-order chi connectivity index (χ0) is 23.4. The van der Waals surface area contributed by atoms with Crippen LogP contribution in [0.4, 0.5) is 21.8 Å². The molecule has 1 aromatic carbocycles. The first kappa shape index (κ1) is 23.2. The van der Waals surface area contributed by atoms with Gasteiger partial charge in [-0.2, -0.15) is 4.98 Å². The van der Waals surface area contributed by atoms with Gasteiger partial charge in [0.15, 0.2) is 11.6 Å². The molecule has 2 atom stereocenters. The molecule has 1 amide bonds. The summed E-state index contributed by atoms with van der Waals surface area (Å²) >= 11 is 0. The number of hydrogen-bond donors (Lipinski definition) is 2. The Hall–Kier alpha value is -3.00. The van der Waals surface area contributed by atoms with E-state index in [1.807, 2.05) is 6.07 Å². The fraction of sp³-hybridized carbons (Fsp3) is 0.480. The quantitative estimate of drug-likeness (QED) is 0.582. The minimum atomic E-state index is -0.512. The van der Waals surface area contributed by atoms with Crippen LogP contribution in [0.1, 0.15) is 44.2 Å². The van der Waals surface area contributed by atoms with Gasteiger partial charge in [-0.15, -0.1) is 0 Å². The number of benzene rings is 1. The Balaban J connectivity index is 1.41. The molecule has 1 unspecified atom stereocenters. The van der Waals surface area contributed by atoms with Gasteiger partial charge in [-0.25, -0.2) is 9.37 Å². The second-order valence-corrected chi connectivity index (χ2v) is 9.15. The normalized spacial score (nSPS) is 19.1. The van der Waals surface area contributed by atoms with E-state index in [2.05, 4.69) is 58.1 Å². The molecule has 2 aliphatic rings. The van der Waals surface area contributed by atoms with Crippen LogP contribution in [-0.2, 0) is 17.9 Å². The van der Waals surface area contributed by atoms with Gasteiger partial charge >= 0.3 is 0 Å². The fourth-order valence-corrected chi connectivity index (χ4v) is 4.52. The van der Waals surface area contributed by atoms with Crippen molar-refractivity contribution < 1.29 is 9.18 Å². The number of carbonyl (C=O) groups excluding carboxylic acids is 1. The second kappa shape index (κ2) is 10.3. The Labute approximate surface area is 195 Å². The van der Waals surface area contributed by atoms with E-state index in [0.29, 0.717) is 25.0 Å². The number of rotatable bonds is 8. The highest BCUT2D eigenvalue weighted by atomic mass is 19.1. The smallest absolute Gasteiger partial charge is 0.246 e. The van der Waals surface area contributed by atoms with Crippen molar-refractivity contribution in [2.75, 3.05) is 30.3 Å². The van der Waals surface area contributed by atoms with Crippen LogP contribution in [0.5, 0.6) is 0 Å². The summed E-state index contributed by atoms with van der Waals surface area (Å²) in [6.07, 6.45) is 5.36. The molecular formula is C25H33FN6O. The van der Waals surface area contributed by atoms with Crippen LogP contribution in [-0.4, -0.2) is 51.4 Å². The summed E-state index contributed by atoms with van der Waals surface area (Å²) in [6.45, 7) is 12.3. The van der Waals surface area contributed by atoms with Crippen LogP contribution in [0, 0.1) is 11.7 Å². The summed E-state index contributed by atoms with van der Waals surface area (Å²) in [5.41, 5.74) is 3.54. The van der Waals surface area contributed by atoms with Gasteiger partial charge in [0.2, 0.25) is 11.9 Å². The Morgan fingerprint density at radius 1 is 1.36 bits per heavy atom. The molecule has 33 heavy (non-hydrogen) atoms. The summed E-state index contributed by atoms with van der Waals surface area (Å²) in [4.78, 5) is 24.6. The van der Waals surface area contributed by atoms with Crippen molar-refractivity contribution in [3.8, 4) is 0 Å². The topological polar surface area (TPSA) is 73.4 Å². The maximum atomic E-state index is 14.4. The third-order valence-corrected chi connectivity index (χ3v) is 6.51. The number of hydrogen-bond acceptors (Lipinski definition) is 6. The lowest BCUT2D eigenvalue weighted by molar-refractivity contribution is -0.127. The molecule has 2 N–H and O–H groups in total. The second-order valence-electron chi connectivity index (χ2n) is 9.15. The van der Waals surface area contributed by atoms with E-state index in [1.165, 1.54) is 29.8 Å². The van der Waals surface area contributed by atoms with E-state index in [0.717, 1.165) is 38.2 Å². The number of piperidine rings is 1. The van der Waals surface area contributed by atoms with Crippen LogP contribution < -0.4 is 10.6 Å². The van der Waals surface area contributed by atoms with Crippen molar-refractivity contribution >= 4 is 23.4 Å². The first-order chi connectivity index (χ1) is 15.9. The molecule has 7 nitrogen and oxygen atoms in total. The molecule has 8 heteroatoms. The Morgan fingerprint density at radius 3 is 2.97 bits per heavy atom. The zero-order valence-electron chi connectivity index (χ0n) is 19.5. The minimum Gasteiger partial charge on any atom is -0.363 e. The standard InChI is InChI=1S/C25H33FN6O/c1-4-17(3)13-31-14-18-8-9-20(11-19(18)15-31)29-25-27-12-22(26)24(30-25)28-21-7-6-10-32(16-21)23(33)5-2/h5,8-9,11-12,17,21H,2,4,6-7,10,13-16H2,1,3H3,(H2,27,28,29,30)/t17?,21-/m1/s1. The average molecular weight is 453 g/mol. The summed E-state index contributed by atoms with van der Waals surface area (Å²) in [6, 6.07) is 6.22. The van der Waals surface area contributed by atoms with E-state index in [4.69, 9.17) is 0 Å². The van der Waals surface area contributed by atoms with Crippen molar-refractivity contribution in [3.05, 3.63) is 54.0 Å². The summed E-state index contributed by atoms with van der Waals surface area (Å²) in [7, 11) is 0. The predicted molar refractivity (Wildman–Crippen MR) is 129 cm³/mol. The Morgan fingerprint density at radius 2 is 2.18 bits per heavy atom. The van der Waals surface area contributed by atoms with Crippen LogP contribution in [0.3, 0.4) is 0 Å². The van der Waals surface area contributed by atoms with Crippen molar-refractivity contribution in [1.29, 1.82) is 0 Å². The van der Waals surface area contributed by atoms with Crippen molar-refractivity contribution in [2.24, 2.45) is 5.92 Å². The highest BCUT2D eigenvalue weighted by Gasteiger charge is 2.24. The molecule has 1 aromatic heterocycles. The van der Waals surface area contributed by atoms with E-state index in [1.54, 1.807) is 4.90 Å². The van der Waals surface area contributed by atoms with E-state index in [9.17, 15) is 9.18 Å². The Kier molecular flexibility index (Phi) is 7.23. The SMILES string of the molecule is C=CC(=O)N1CCC[C@@H](Nc2nc(Nc3ccc4c(c3)CN(CC(C)CC)C4)ncc2F)C1. The number of carbonyl (C=O) groups is 1. The Bertz CT molecular complexity index is 1010. The monoisotopic (exact) mass is 452 g/mol. The average Bonchev–Trinajstić information content (AvgIpc) is 3.22. The molecule has 0 bridgehead atoms. The highest BCUT2D eigenvalue weighted by Crippen LogP contribution is 2.28. The third kappa shape index (κ3) is 5.68. The van der Waals surface area contributed by atoms with Gasteiger partial charge in [0, 0.05) is 44.5 Å². The van der Waals surface area contributed by atoms with Crippen LogP contribution >= 0.6 is 0 Å².